The highest BCUT2D eigenvalue weighted by molar-refractivity contribution is 6.33. The van der Waals surface area contributed by atoms with E-state index in [4.69, 9.17) is 17.3 Å². The summed E-state index contributed by atoms with van der Waals surface area (Å²) in [6, 6.07) is 2.04. The van der Waals surface area contributed by atoms with E-state index in [1.165, 1.54) is 6.92 Å². The molecule has 1 rings (SSSR count). The SMILES string of the molecule is Cc1cc([N+](=O)[O-])c(Cl)cc1NC(=O)C(C)(N)C(F)(F)F. The zero-order valence-electron chi connectivity index (χ0n) is 10.9. The summed E-state index contributed by atoms with van der Waals surface area (Å²) in [5.74, 6) is -1.50. The highest BCUT2D eigenvalue weighted by Crippen LogP contribution is 2.33. The summed E-state index contributed by atoms with van der Waals surface area (Å²) in [5.41, 5.74) is 1.54. The first kappa shape index (κ1) is 17.2. The number of halogens is 4. The molecular weight excluding hydrogens is 315 g/mol. The second-order valence-electron chi connectivity index (χ2n) is 4.53. The molecule has 0 saturated carbocycles. The summed E-state index contributed by atoms with van der Waals surface area (Å²) in [4.78, 5) is 21.5. The van der Waals surface area contributed by atoms with E-state index < -0.39 is 28.2 Å². The molecular formula is C11H11ClF3N3O3. The van der Waals surface area contributed by atoms with E-state index in [2.05, 4.69) is 0 Å². The molecule has 0 aromatic heterocycles. The number of nitro groups is 1. The Labute approximate surface area is 122 Å². The van der Waals surface area contributed by atoms with E-state index in [1.807, 2.05) is 5.32 Å². The van der Waals surface area contributed by atoms with Gasteiger partial charge < -0.3 is 11.1 Å². The Balaban J connectivity index is 3.13. The fourth-order valence-electron chi connectivity index (χ4n) is 1.32. The Bertz CT molecular complexity index is 602. The fourth-order valence-corrected chi connectivity index (χ4v) is 1.55. The molecule has 6 nitrogen and oxygen atoms in total. The van der Waals surface area contributed by atoms with E-state index in [-0.39, 0.29) is 16.3 Å². The van der Waals surface area contributed by atoms with E-state index in [1.54, 1.807) is 0 Å². The number of anilines is 1. The van der Waals surface area contributed by atoms with Crippen LogP contribution in [0.4, 0.5) is 24.5 Å². The molecule has 1 aromatic carbocycles. The minimum Gasteiger partial charge on any atom is -0.324 e. The third-order valence-corrected chi connectivity index (χ3v) is 3.10. The Hall–Kier alpha value is -1.87. The van der Waals surface area contributed by atoms with Gasteiger partial charge in [-0.15, -0.1) is 0 Å². The Morgan fingerprint density at radius 3 is 2.38 bits per heavy atom. The van der Waals surface area contributed by atoms with E-state index in [0.717, 1.165) is 12.1 Å². The maximum Gasteiger partial charge on any atom is 0.415 e. The van der Waals surface area contributed by atoms with Crippen molar-refractivity contribution < 1.29 is 22.9 Å². The van der Waals surface area contributed by atoms with Crippen LogP contribution in [0.2, 0.25) is 5.02 Å². The van der Waals surface area contributed by atoms with Crippen molar-refractivity contribution in [1.82, 2.24) is 0 Å². The average molecular weight is 326 g/mol. The minimum absolute atomic E-state index is 0.0866. The van der Waals surface area contributed by atoms with Gasteiger partial charge in [0, 0.05) is 11.8 Å². The molecule has 0 heterocycles. The number of nitro benzene ring substituents is 1. The van der Waals surface area contributed by atoms with Crippen LogP contribution in [-0.2, 0) is 4.79 Å². The van der Waals surface area contributed by atoms with Crippen LogP contribution in [0.25, 0.3) is 0 Å². The molecule has 0 radical (unpaired) electrons. The summed E-state index contributed by atoms with van der Waals surface area (Å²) >= 11 is 5.64. The molecule has 0 aliphatic carbocycles. The van der Waals surface area contributed by atoms with Gasteiger partial charge in [0.2, 0.25) is 0 Å². The molecule has 1 unspecified atom stereocenters. The zero-order valence-corrected chi connectivity index (χ0v) is 11.7. The highest BCUT2D eigenvalue weighted by Gasteiger charge is 2.54. The lowest BCUT2D eigenvalue weighted by atomic mass is 10.0. The van der Waals surface area contributed by atoms with Crippen molar-refractivity contribution in [2.24, 2.45) is 5.73 Å². The first-order valence-corrected chi connectivity index (χ1v) is 5.87. The number of nitrogens with zero attached hydrogens (tertiary/aromatic N) is 1. The molecule has 1 aromatic rings. The number of aryl methyl sites for hydroxylation is 1. The molecule has 1 amide bonds. The molecule has 116 valence electrons. The van der Waals surface area contributed by atoms with Gasteiger partial charge in [-0.1, -0.05) is 11.6 Å². The van der Waals surface area contributed by atoms with Crippen molar-refractivity contribution in [3.8, 4) is 0 Å². The fraction of sp³-hybridized carbons (Fsp3) is 0.364. The number of carbonyl (C=O) groups excluding carboxylic acids is 1. The van der Waals surface area contributed by atoms with Gasteiger partial charge in [-0.25, -0.2) is 0 Å². The second kappa shape index (κ2) is 5.49. The summed E-state index contributed by atoms with van der Waals surface area (Å²) in [6.07, 6.45) is -4.95. The number of amides is 1. The predicted molar refractivity (Wildman–Crippen MR) is 70.1 cm³/mol. The van der Waals surface area contributed by atoms with E-state index in [9.17, 15) is 28.1 Å². The van der Waals surface area contributed by atoms with Crippen molar-refractivity contribution in [2.75, 3.05) is 5.32 Å². The van der Waals surface area contributed by atoms with Crippen LogP contribution in [-0.4, -0.2) is 22.5 Å². The minimum atomic E-state index is -4.95. The van der Waals surface area contributed by atoms with Crippen LogP contribution in [0, 0.1) is 17.0 Å². The molecule has 10 heteroatoms. The van der Waals surface area contributed by atoms with Crippen LogP contribution in [0.3, 0.4) is 0 Å². The third kappa shape index (κ3) is 3.42. The smallest absolute Gasteiger partial charge is 0.324 e. The van der Waals surface area contributed by atoms with Crippen LogP contribution in [0.1, 0.15) is 12.5 Å². The Kier molecular flexibility index (Phi) is 4.49. The van der Waals surface area contributed by atoms with Gasteiger partial charge in [-0.3, -0.25) is 14.9 Å². The summed E-state index contributed by atoms with van der Waals surface area (Å²) in [6.45, 7) is 1.89. The van der Waals surface area contributed by atoms with Gasteiger partial charge in [-0.2, -0.15) is 13.2 Å². The molecule has 3 N–H and O–H groups in total. The van der Waals surface area contributed by atoms with Crippen molar-refractivity contribution >= 4 is 28.9 Å². The molecule has 21 heavy (non-hydrogen) atoms. The van der Waals surface area contributed by atoms with Gasteiger partial charge >= 0.3 is 6.18 Å². The maximum absolute atomic E-state index is 12.6. The Morgan fingerprint density at radius 1 is 1.43 bits per heavy atom. The zero-order chi connectivity index (χ0) is 16.6. The first-order valence-electron chi connectivity index (χ1n) is 5.49. The number of benzene rings is 1. The summed E-state index contributed by atoms with van der Waals surface area (Å²) in [7, 11) is 0. The maximum atomic E-state index is 12.6. The number of rotatable bonds is 3. The number of alkyl halides is 3. The van der Waals surface area contributed by atoms with Gasteiger partial charge in [-0.05, 0) is 25.5 Å². The Morgan fingerprint density at radius 2 is 1.95 bits per heavy atom. The topological polar surface area (TPSA) is 98.3 Å². The standard InChI is InChI=1S/C11H11ClF3N3O3/c1-5-3-8(18(20)21)6(12)4-7(5)17-9(19)10(2,16)11(13,14)15/h3-4H,16H2,1-2H3,(H,17,19). The average Bonchev–Trinajstić information content (AvgIpc) is 2.31. The van der Waals surface area contributed by atoms with Crippen LogP contribution < -0.4 is 11.1 Å². The first-order chi connectivity index (χ1) is 9.37. The van der Waals surface area contributed by atoms with Crippen LogP contribution in [0.5, 0.6) is 0 Å². The van der Waals surface area contributed by atoms with E-state index in [0.29, 0.717) is 6.92 Å². The molecule has 0 aliphatic rings. The number of hydrogen-bond donors (Lipinski definition) is 2. The third-order valence-electron chi connectivity index (χ3n) is 2.80. The monoisotopic (exact) mass is 325 g/mol. The molecule has 1 atom stereocenters. The normalized spacial score (nSPS) is 14.4. The van der Waals surface area contributed by atoms with Gasteiger partial charge in [0.05, 0.1) is 4.92 Å². The van der Waals surface area contributed by atoms with Crippen LogP contribution >= 0.6 is 11.6 Å². The lowest BCUT2D eigenvalue weighted by Crippen LogP contribution is -2.59. The van der Waals surface area contributed by atoms with E-state index >= 15 is 0 Å². The van der Waals surface area contributed by atoms with Gasteiger partial charge in [0.1, 0.15) is 5.02 Å². The second-order valence-corrected chi connectivity index (χ2v) is 4.94. The lowest BCUT2D eigenvalue weighted by molar-refractivity contribution is -0.384. The highest BCUT2D eigenvalue weighted by atomic mass is 35.5. The van der Waals surface area contributed by atoms with Crippen molar-refractivity contribution in [2.45, 2.75) is 25.6 Å². The summed E-state index contributed by atoms with van der Waals surface area (Å²) in [5, 5.41) is 12.3. The number of nitrogens with two attached hydrogens (primary N) is 1. The van der Waals surface area contributed by atoms with Crippen molar-refractivity contribution in [3.05, 3.63) is 32.8 Å². The number of hydrogen-bond acceptors (Lipinski definition) is 4. The van der Waals surface area contributed by atoms with Gasteiger partial charge in [0.25, 0.3) is 11.6 Å². The lowest BCUT2D eigenvalue weighted by Gasteiger charge is -2.26. The number of nitrogens with one attached hydrogen (secondary N) is 1. The number of carbonyl (C=O) groups is 1. The molecule has 0 fully saturated rings. The van der Waals surface area contributed by atoms with Gasteiger partial charge in [0.15, 0.2) is 5.54 Å². The van der Waals surface area contributed by atoms with Crippen LogP contribution in [0.15, 0.2) is 12.1 Å². The molecule has 0 saturated heterocycles. The predicted octanol–water partition coefficient (Wildman–Crippen LogP) is 2.77. The molecule has 0 bridgehead atoms. The largest absolute Gasteiger partial charge is 0.415 e. The molecule has 0 spiro atoms. The van der Waals surface area contributed by atoms with Crippen molar-refractivity contribution in [3.63, 3.8) is 0 Å². The molecule has 0 aliphatic heterocycles. The quantitative estimate of drug-likeness (QED) is 0.659. The van der Waals surface area contributed by atoms with Crippen molar-refractivity contribution in [1.29, 1.82) is 0 Å². The summed E-state index contributed by atoms with van der Waals surface area (Å²) < 4.78 is 37.9.